The van der Waals surface area contributed by atoms with Gasteiger partial charge in [-0.15, -0.1) is 11.6 Å². The third-order valence-electron chi connectivity index (χ3n) is 4.77. The summed E-state index contributed by atoms with van der Waals surface area (Å²) in [7, 11) is 0. The molecule has 106 valence electrons. The minimum absolute atomic E-state index is 0.470. The zero-order chi connectivity index (χ0) is 13.7. The molecule has 4 heteroatoms. The van der Waals surface area contributed by atoms with Crippen LogP contribution >= 0.6 is 11.6 Å². The van der Waals surface area contributed by atoms with E-state index in [1.807, 2.05) is 6.20 Å². The molecule has 2 aliphatic rings. The fourth-order valence-corrected chi connectivity index (χ4v) is 3.60. The molecule has 0 atom stereocenters. The molecule has 0 aliphatic heterocycles. The van der Waals surface area contributed by atoms with E-state index in [1.54, 1.807) is 0 Å². The van der Waals surface area contributed by atoms with Crippen molar-refractivity contribution in [3.05, 3.63) is 23.7 Å². The minimum atomic E-state index is 0.470. The average molecular weight is 290 g/mol. The van der Waals surface area contributed by atoms with Crippen LogP contribution in [0, 0.1) is 24.7 Å². The predicted molar refractivity (Wildman–Crippen MR) is 80.8 cm³/mol. The summed E-state index contributed by atoms with van der Waals surface area (Å²) in [5.41, 5.74) is 3.16. The van der Waals surface area contributed by atoms with Gasteiger partial charge < -0.3 is 4.57 Å². The van der Waals surface area contributed by atoms with Crippen LogP contribution in [-0.4, -0.2) is 14.5 Å². The SMILES string of the molecule is Cc1cnc2c(c1)nc(CCl)n2CC(C1CC1)C1CC1. The zero-order valence-corrected chi connectivity index (χ0v) is 12.6. The number of hydrogen-bond donors (Lipinski definition) is 0. The van der Waals surface area contributed by atoms with Crippen molar-refractivity contribution in [3.63, 3.8) is 0 Å². The van der Waals surface area contributed by atoms with Crippen molar-refractivity contribution in [2.45, 2.75) is 45.0 Å². The van der Waals surface area contributed by atoms with Crippen LogP contribution in [0.5, 0.6) is 0 Å². The van der Waals surface area contributed by atoms with Crippen molar-refractivity contribution in [1.29, 1.82) is 0 Å². The van der Waals surface area contributed by atoms with Gasteiger partial charge in [-0.25, -0.2) is 9.97 Å². The fourth-order valence-electron chi connectivity index (χ4n) is 3.39. The van der Waals surface area contributed by atoms with Gasteiger partial charge in [0.2, 0.25) is 0 Å². The zero-order valence-electron chi connectivity index (χ0n) is 11.8. The molecule has 20 heavy (non-hydrogen) atoms. The highest BCUT2D eigenvalue weighted by Gasteiger charge is 2.41. The summed E-state index contributed by atoms with van der Waals surface area (Å²) in [6, 6.07) is 2.11. The first-order valence-electron chi connectivity index (χ1n) is 7.64. The van der Waals surface area contributed by atoms with E-state index < -0.39 is 0 Å². The van der Waals surface area contributed by atoms with Crippen LogP contribution in [0.1, 0.15) is 37.1 Å². The second-order valence-electron chi connectivity index (χ2n) is 6.47. The Morgan fingerprint density at radius 2 is 2.00 bits per heavy atom. The number of rotatable bonds is 5. The van der Waals surface area contributed by atoms with Crippen molar-refractivity contribution in [2.24, 2.45) is 17.8 Å². The minimum Gasteiger partial charge on any atom is -0.311 e. The van der Waals surface area contributed by atoms with Crippen molar-refractivity contribution in [1.82, 2.24) is 14.5 Å². The lowest BCUT2D eigenvalue weighted by molar-refractivity contribution is 0.349. The molecule has 2 aromatic rings. The van der Waals surface area contributed by atoms with Crippen LogP contribution in [-0.2, 0) is 12.4 Å². The van der Waals surface area contributed by atoms with Crippen LogP contribution in [0.4, 0.5) is 0 Å². The van der Waals surface area contributed by atoms with Crippen LogP contribution in [0.25, 0.3) is 11.2 Å². The average Bonchev–Trinajstić information content (AvgIpc) is 3.33. The first-order chi connectivity index (χ1) is 9.76. The van der Waals surface area contributed by atoms with Crippen LogP contribution in [0.2, 0.25) is 0 Å². The van der Waals surface area contributed by atoms with Crippen LogP contribution in [0.3, 0.4) is 0 Å². The maximum atomic E-state index is 6.11. The molecule has 0 aromatic carbocycles. The van der Waals surface area contributed by atoms with Crippen molar-refractivity contribution in [2.75, 3.05) is 0 Å². The summed E-state index contributed by atoms with van der Waals surface area (Å²) < 4.78 is 2.28. The van der Waals surface area contributed by atoms with Gasteiger partial charge in [0.1, 0.15) is 11.3 Å². The largest absolute Gasteiger partial charge is 0.311 e. The standard InChI is InChI=1S/C16H20ClN3/c1-10-6-14-16(18-8-10)20(15(7-17)19-14)9-13(11-2-3-11)12-4-5-12/h6,8,11-13H,2-5,7,9H2,1H3. The molecule has 0 bridgehead atoms. The molecule has 2 heterocycles. The topological polar surface area (TPSA) is 30.7 Å². The van der Waals surface area contributed by atoms with Crippen molar-refractivity contribution < 1.29 is 0 Å². The Balaban J connectivity index is 1.73. The summed E-state index contributed by atoms with van der Waals surface area (Å²) in [5.74, 6) is 4.14. The second kappa shape index (κ2) is 4.73. The van der Waals surface area contributed by atoms with Gasteiger partial charge in [0.15, 0.2) is 5.65 Å². The predicted octanol–water partition coefficient (Wildman–Crippen LogP) is 3.91. The smallest absolute Gasteiger partial charge is 0.160 e. The Hall–Kier alpha value is -1.09. The van der Waals surface area contributed by atoms with E-state index in [4.69, 9.17) is 11.6 Å². The Morgan fingerprint density at radius 1 is 1.30 bits per heavy atom. The Morgan fingerprint density at radius 3 is 2.60 bits per heavy atom. The number of nitrogens with zero attached hydrogens (tertiary/aromatic N) is 3. The van der Waals surface area contributed by atoms with Gasteiger partial charge >= 0.3 is 0 Å². The molecule has 0 saturated heterocycles. The fraction of sp³-hybridized carbons (Fsp3) is 0.625. The Kier molecular flexibility index (Phi) is 2.99. The molecular weight excluding hydrogens is 270 g/mol. The first-order valence-corrected chi connectivity index (χ1v) is 8.17. The maximum absolute atomic E-state index is 6.11. The van der Waals surface area contributed by atoms with Gasteiger partial charge in [0.05, 0.1) is 5.88 Å². The lowest BCUT2D eigenvalue weighted by Gasteiger charge is -2.17. The molecule has 0 N–H and O–H groups in total. The van der Waals surface area contributed by atoms with E-state index in [9.17, 15) is 0 Å². The third-order valence-corrected chi connectivity index (χ3v) is 5.01. The molecule has 0 unspecified atom stereocenters. The quantitative estimate of drug-likeness (QED) is 0.781. The second-order valence-corrected chi connectivity index (χ2v) is 6.73. The van der Waals surface area contributed by atoms with Crippen molar-refractivity contribution >= 4 is 22.8 Å². The van der Waals surface area contributed by atoms with Gasteiger partial charge in [-0.05, 0) is 62.0 Å². The summed E-state index contributed by atoms with van der Waals surface area (Å²) in [6.07, 6.45) is 7.59. The number of pyridine rings is 1. The first kappa shape index (κ1) is 12.6. The molecule has 4 rings (SSSR count). The number of aryl methyl sites for hydroxylation is 1. The Labute approximate surface area is 124 Å². The van der Waals surface area contributed by atoms with Gasteiger partial charge in [-0.2, -0.15) is 0 Å². The van der Waals surface area contributed by atoms with Gasteiger partial charge in [-0.3, -0.25) is 0 Å². The summed E-state index contributed by atoms with van der Waals surface area (Å²) in [4.78, 5) is 9.28. The van der Waals surface area contributed by atoms with Gasteiger partial charge in [0, 0.05) is 12.7 Å². The number of fused-ring (bicyclic) bond motifs is 1. The highest BCUT2D eigenvalue weighted by molar-refractivity contribution is 6.16. The summed E-state index contributed by atoms with van der Waals surface area (Å²) in [5, 5.41) is 0. The summed E-state index contributed by atoms with van der Waals surface area (Å²) in [6.45, 7) is 3.12. The highest BCUT2D eigenvalue weighted by atomic mass is 35.5. The monoisotopic (exact) mass is 289 g/mol. The maximum Gasteiger partial charge on any atom is 0.160 e. The molecule has 2 aromatic heterocycles. The molecule has 0 radical (unpaired) electrons. The van der Waals surface area contributed by atoms with E-state index in [0.717, 1.165) is 46.9 Å². The molecular formula is C16H20ClN3. The number of imidazole rings is 1. The molecule has 2 saturated carbocycles. The van der Waals surface area contributed by atoms with E-state index in [2.05, 4.69) is 27.5 Å². The third kappa shape index (κ3) is 2.22. The molecule has 0 spiro atoms. The van der Waals surface area contributed by atoms with Gasteiger partial charge in [-0.1, -0.05) is 0 Å². The highest BCUT2D eigenvalue weighted by Crippen LogP contribution is 2.50. The van der Waals surface area contributed by atoms with Crippen LogP contribution < -0.4 is 0 Å². The van der Waals surface area contributed by atoms with E-state index in [0.29, 0.717) is 5.88 Å². The molecule has 3 nitrogen and oxygen atoms in total. The normalized spacial score (nSPS) is 19.1. The van der Waals surface area contributed by atoms with E-state index in [1.165, 1.54) is 25.7 Å². The van der Waals surface area contributed by atoms with Crippen molar-refractivity contribution in [3.8, 4) is 0 Å². The molecule has 2 aliphatic carbocycles. The number of aromatic nitrogens is 3. The van der Waals surface area contributed by atoms with E-state index >= 15 is 0 Å². The molecule has 0 amide bonds. The number of hydrogen-bond acceptors (Lipinski definition) is 2. The summed E-state index contributed by atoms with van der Waals surface area (Å²) >= 11 is 6.11. The van der Waals surface area contributed by atoms with Crippen LogP contribution in [0.15, 0.2) is 12.3 Å². The lowest BCUT2D eigenvalue weighted by Crippen LogP contribution is -2.17. The molecule has 2 fully saturated rings. The van der Waals surface area contributed by atoms with E-state index in [-0.39, 0.29) is 0 Å². The number of halogens is 1. The van der Waals surface area contributed by atoms with Gasteiger partial charge in [0.25, 0.3) is 0 Å². The lowest BCUT2D eigenvalue weighted by atomic mass is 9.98. The number of alkyl halides is 1. The Bertz CT molecular complexity index is 628.